The third-order valence-corrected chi connectivity index (χ3v) is 6.32. The summed E-state index contributed by atoms with van der Waals surface area (Å²) in [7, 11) is 0. The molecule has 0 radical (unpaired) electrons. The number of aromatic nitrogens is 2. The number of amides is 1. The molecule has 0 fully saturated rings. The van der Waals surface area contributed by atoms with E-state index in [1.165, 1.54) is 27.8 Å². The molecule has 4 aromatic rings. The summed E-state index contributed by atoms with van der Waals surface area (Å²) in [5.41, 5.74) is 3.06. The zero-order valence-corrected chi connectivity index (χ0v) is 17.6. The first-order valence-electron chi connectivity index (χ1n) is 9.98. The van der Waals surface area contributed by atoms with E-state index in [0.29, 0.717) is 16.8 Å². The lowest BCUT2D eigenvalue weighted by molar-refractivity contribution is -0.121. The van der Waals surface area contributed by atoms with Crippen LogP contribution in [0.1, 0.15) is 17.5 Å². The Morgan fingerprint density at radius 1 is 1.07 bits per heavy atom. The van der Waals surface area contributed by atoms with Gasteiger partial charge in [0, 0.05) is 11.4 Å². The summed E-state index contributed by atoms with van der Waals surface area (Å²) in [5.74, 6) is -0.178. The van der Waals surface area contributed by atoms with Crippen molar-refractivity contribution in [2.45, 2.75) is 26.3 Å². The van der Waals surface area contributed by atoms with Gasteiger partial charge < -0.3 is 5.32 Å². The fourth-order valence-electron chi connectivity index (χ4n) is 3.51. The Kier molecular flexibility index (Phi) is 6.05. The Balaban J connectivity index is 1.44. The Labute approximate surface area is 179 Å². The number of nitrogens with zero attached hydrogens (tertiary/aromatic N) is 2. The number of hydrogen-bond acceptors (Lipinski definition) is 4. The number of aryl methyl sites for hydroxylation is 2. The third-order valence-electron chi connectivity index (χ3n) is 5.07. The highest BCUT2D eigenvalue weighted by Gasteiger charge is 2.16. The van der Waals surface area contributed by atoms with Crippen LogP contribution in [0.4, 0.5) is 0 Å². The lowest BCUT2D eigenvalue weighted by Crippen LogP contribution is -2.33. The molecule has 0 saturated carbocycles. The number of hydrogen-bond donors (Lipinski definition) is 1. The Morgan fingerprint density at radius 2 is 1.77 bits per heavy atom. The van der Waals surface area contributed by atoms with Crippen molar-refractivity contribution < 1.29 is 4.79 Å². The highest BCUT2D eigenvalue weighted by Crippen LogP contribution is 2.35. The monoisotopic (exact) mass is 417 g/mol. The minimum atomic E-state index is -0.178. The molecule has 2 aromatic carbocycles. The van der Waals surface area contributed by atoms with Crippen molar-refractivity contribution in [2.24, 2.45) is 0 Å². The molecule has 30 heavy (non-hydrogen) atoms. The lowest BCUT2D eigenvalue weighted by atomic mass is 10.1. The van der Waals surface area contributed by atoms with Crippen molar-refractivity contribution in [2.75, 3.05) is 6.54 Å². The van der Waals surface area contributed by atoms with E-state index in [1.54, 1.807) is 0 Å². The predicted octanol–water partition coefficient (Wildman–Crippen LogP) is 4.18. The number of benzene rings is 2. The number of rotatable bonds is 7. The summed E-state index contributed by atoms with van der Waals surface area (Å²) in [6, 6.07) is 20.2. The molecule has 152 valence electrons. The molecule has 0 spiro atoms. The SMILES string of the molecule is Cc1c(-c2ccccc2)sc2ncn(CC(=O)NCCCc3ccccc3)c(=O)c12. The number of thiophene rings is 1. The molecule has 2 aromatic heterocycles. The Hall–Kier alpha value is -3.25. The number of carbonyl (C=O) groups is 1. The fraction of sp³-hybridized carbons (Fsp3) is 0.208. The van der Waals surface area contributed by atoms with Gasteiger partial charge in [-0.3, -0.25) is 14.2 Å². The molecule has 0 atom stereocenters. The van der Waals surface area contributed by atoms with Crippen LogP contribution >= 0.6 is 11.3 Å². The summed E-state index contributed by atoms with van der Waals surface area (Å²) in [4.78, 5) is 31.5. The standard InChI is InChI=1S/C24H23N3O2S/c1-17-21-23(30-22(17)19-12-6-3-7-13-19)26-16-27(24(21)29)15-20(28)25-14-8-11-18-9-4-2-5-10-18/h2-7,9-10,12-13,16H,8,11,14-15H2,1H3,(H,25,28). The van der Waals surface area contributed by atoms with Gasteiger partial charge in [-0.15, -0.1) is 11.3 Å². The van der Waals surface area contributed by atoms with Crippen LogP contribution in [0.15, 0.2) is 71.8 Å². The van der Waals surface area contributed by atoms with E-state index in [0.717, 1.165) is 28.8 Å². The van der Waals surface area contributed by atoms with Gasteiger partial charge in [-0.2, -0.15) is 0 Å². The molecule has 4 rings (SSSR count). The van der Waals surface area contributed by atoms with Crippen LogP contribution < -0.4 is 10.9 Å². The molecule has 0 aliphatic heterocycles. The number of nitrogens with one attached hydrogen (secondary N) is 1. The average Bonchev–Trinajstić information content (AvgIpc) is 3.12. The topological polar surface area (TPSA) is 64.0 Å². The van der Waals surface area contributed by atoms with Gasteiger partial charge in [-0.05, 0) is 36.5 Å². The van der Waals surface area contributed by atoms with E-state index < -0.39 is 0 Å². The summed E-state index contributed by atoms with van der Waals surface area (Å²) >= 11 is 1.51. The van der Waals surface area contributed by atoms with Gasteiger partial charge in [0.15, 0.2) is 0 Å². The Bertz CT molecular complexity index is 1210. The van der Waals surface area contributed by atoms with Gasteiger partial charge >= 0.3 is 0 Å². The largest absolute Gasteiger partial charge is 0.355 e. The molecule has 0 aliphatic carbocycles. The van der Waals surface area contributed by atoms with E-state index in [2.05, 4.69) is 22.4 Å². The van der Waals surface area contributed by atoms with Crippen LogP contribution in [-0.4, -0.2) is 22.0 Å². The lowest BCUT2D eigenvalue weighted by Gasteiger charge is -2.07. The van der Waals surface area contributed by atoms with Gasteiger partial charge in [-0.1, -0.05) is 60.7 Å². The van der Waals surface area contributed by atoms with Crippen LogP contribution in [-0.2, 0) is 17.8 Å². The van der Waals surface area contributed by atoms with Crippen molar-refractivity contribution in [3.8, 4) is 10.4 Å². The molecule has 1 amide bonds. The third kappa shape index (κ3) is 4.33. The zero-order valence-electron chi connectivity index (χ0n) is 16.8. The highest BCUT2D eigenvalue weighted by molar-refractivity contribution is 7.22. The first-order chi connectivity index (χ1) is 14.6. The van der Waals surface area contributed by atoms with Crippen LogP contribution in [0, 0.1) is 6.92 Å². The normalized spacial score (nSPS) is 11.0. The second-order valence-corrected chi connectivity index (χ2v) is 8.22. The predicted molar refractivity (Wildman–Crippen MR) is 122 cm³/mol. The van der Waals surface area contributed by atoms with Gasteiger partial charge in [0.1, 0.15) is 11.4 Å². The summed E-state index contributed by atoms with van der Waals surface area (Å²) in [5, 5.41) is 3.49. The van der Waals surface area contributed by atoms with Crippen LogP contribution in [0.25, 0.3) is 20.7 Å². The first-order valence-corrected chi connectivity index (χ1v) is 10.8. The number of carbonyl (C=O) groups excluding carboxylic acids is 1. The van der Waals surface area contributed by atoms with Crippen molar-refractivity contribution in [3.63, 3.8) is 0 Å². The summed E-state index contributed by atoms with van der Waals surface area (Å²) in [6.07, 6.45) is 3.23. The maximum absolute atomic E-state index is 13.0. The van der Waals surface area contributed by atoms with E-state index in [9.17, 15) is 9.59 Å². The second-order valence-electron chi connectivity index (χ2n) is 7.22. The molecule has 0 saturated heterocycles. The van der Waals surface area contributed by atoms with Crippen LogP contribution in [0.5, 0.6) is 0 Å². The Morgan fingerprint density at radius 3 is 2.50 bits per heavy atom. The van der Waals surface area contributed by atoms with Crippen LogP contribution in [0.3, 0.4) is 0 Å². The summed E-state index contributed by atoms with van der Waals surface area (Å²) < 4.78 is 1.39. The fourth-order valence-corrected chi connectivity index (χ4v) is 4.66. The van der Waals surface area contributed by atoms with Gasteiger partial charge in [0.05, 0.1) is 11.7 Å². The minimum Gasteiger partial charge on any atom is -0.355 e. The molecule has 1 N–H and O–H groups in total. The average molecular weight is 418 g/mol. The molecule has 6 heteroatoms. The molecular formula is C24H23N3O2S. The highest BCUT2D eigenvalue weighted by atomic mass is 32.1. The van der Waals surface area contributed by atoms with Gasteiger partial charge in [-0.25, -0.2) is 4.98 Å². The molecule has 5 nitrogen and oxygen atoms in total. The minimum absolute atomic E-state index is 0.0247. The van der Waals surface area contributed by atoms with Crippen molar-refractivity contribution >= 4 is 27.5 Å². The molecule has 0 bridgehead atoms. The van der Waals surface area contributed by atoms with Gasteiger partial charge in [0.2, 0.25) is 5.91 Å². The zero-order chi connectivity index (χ0) is 20.9. The smallest absolute Gasteiger partial charge is 0.262 e. The van der Waals surface area contributed by atoms with Crippen molar-refractivity contribution in [3.05, 3.63) is 88.5 Å². The van der Waals surface area contributed by atoms with E-state index in [4.69, 9.17) is 0 Å². The molecular weight excluding hydrogens is 394 g/mol. The van der Waals surface area contributed by atoms with Crippen molar-refractivity contribution in [1.29, 1.82) is 0 Å². The van der Waals surface area contributed by atoms with E-state index in [1.807, 2.05) is 55.5 Å². The number of fused-ring (bicyclic) bond motifs is 1. The molecule has 2 heterocycles. The van der Waals surface area contributed by atoms with E-state index >= 15 is 0 Å². The maximum atomic E-state index is 13.0. The van der Waals surface area contributed by atoms with Gasteiger partial charge in [0.25, 0.3) is 5.56 Å². The quantitative estimate of drug-likeness (QED) is 0.459. The molecule has 0 aliphatic rings. The molecule has 0 unspecified atom stereocenters. The maximum Gasteiger partial charge on any atom is 0.262 e. The summed E-state index contributed by atoms with van der Waals surface area (Å²) in [6.45, 7) is 2.50. The van der Waals surface area contributed by atoms with Crippen LogP contribution in [0.2, 0.25) is 0 Å². The van der Waals surface area contributed by atoms with E-state index in [-0.39, 0.29) is 18.0 Å². The first kappa shape index (κ1) is 20.0. The van der Waals surface area contributed by atoms with Crippen molar-refractivity contribution in [1.82, 2.24) is 14.9 Å². The second kappa shape index (κ2) is 9.05.